The van der Waals surface area contributed by atoms with Crippen molar-refractivity contribution in [2.45, 2.75) is 31.4 Å². The number of sulfonamides is 1. The average molecular weight is 305 g/mol. The first-order valence-corrected chi connectivity index (χ1v) is 8.46. The van der Waals surface area contributed by atoms with Gasteiger partial charge >= 0.3 is 0 Å². The van der Waals surface area contributed by atoms with Crippen molar-refractivity contribution in [3.8, 4) is 12.1 Å². The van der Waals surface area contributed by atoms with Crippen molar-refractivity contribution in [2.75, 3.05) is 13.1 Å². The van der Waals surface area contributed by atoms with E-state index in [1.807, 2.05) is 18.2 Å². The summed E-state index contributed by atoms with van der Waals surface area (Å²) in [6.07, 6.45) is 1.68. The number of benzene rings is 1. The zero-order chi connectivity index (χ0) is 15.6. The Balaban J connectivity index is 2.74. The molecular formula is C15H19N3O2S. The largest absolute Gasteiger partial charge is 0.218 e. The molecule has 112 valence electrons. The first kappa shape index (κ1) is 17.2. The van der Waals surface area contributed by atoms with Crippen molar-refractivity contribution in [2.24, 2.45) is 0 Å². The van der Waals surface area contributed by atoms with Gasteiger partial charge in [0.25, 0.3) is 0 Å². The zero-order valence-electron chi connectivity index (χ0n) is 11.9. The van der Waals surface area contributed by atoms with Crippen LogP contribution in [-0.2, 0) is 15.8 Å². The number of rotatable bonds is 9. The molecule has 0 heterocycles. The second-order valence-corrected chi connectivity index (χ2v) is 6.63. The van der Waals surface area contributed by atoms with Gasteiger partial charge in [0.05, 0.1) is 17.9 Å². The molecule has 1 rings (SSSR count). The summed E-state index contributed by atoms with van der Waals surface area (Å²) in [7, 11) is -3.42. The van der Waals surface area contributed by atoms with E-state index in [9.17, 15) is 8.42 Å². The van der Waals surface area contributed by atoms with E-state index in [-0.39, 0.29) is 5.75 Å². The lowest BCUT2D eigenvalue weighted by Crippen LogP contribution is -2.34. The van der Waals surface area contributed by atoms with E-state index in [2.05, 4.69) is 0 Å². The highest BCUT2D eigenvalue weighted by Crippen LogP contribution is 2.13. The van der Waals surface area contributed by atoms with Gasteiger partial charge in [0.1, 0.15) is 0 Å². The molecule has 0 bridgehead atoms. The molecule has 0 spiro atoms. The lowest BCUT2D eigenvalue weighted by molar-refractivity contribution is 0.401. The van der Waals surface area contributed by atoms with Gasteiger partial charge in [0, 0.05) is 25.9 Å². The van der Waals surface area contributed by atoms with E-state index < -0.39 is 10.0 Å². The summed E-state index contributed by atoms with van der Waals surface area (Å²) in [6, 6.07) is 13.0. The average Bonchev–Trinajstić information content (AvgIpc) is 2.46. The molecule has 0 aromatic heterocycles. The van der Waals surface area contributed by atoms with Crippen LogP contribution in [0.1, 0.15) is 31.2 Å². The molecule has 21 heavy (non-hydrogen) atoms. The Labute approximate surface area is 126 Å². The normalized spacial score (nSPS) is 11.0. The van der Waals surface area contributed by atoms with E-state index in [1.165, 1.54) is 4.31 Å². The van der Waals surface area contributed by atoms with Crippen molar-refractivity contribution in [1.82, 2.24) is 4.31 Å². The van der Waals surface area contributed by atoms with Crippen molar-refractivity contribution < 1.29 is 8.42 Å². The van der Waals surface area contributed by atoms with E-state index in [0.717, 1.165) is 5.56 Å². The van der Waals surface area contributed by atoms with Crippen molar-refractivity contribution in [3.05, 3.63) is 35.9 Å². The van der Waals surface area contributed by atoms with Crippen LogP contribution < -0.4 is 0 Å². The molecular weight excluding hydrogens is 286 g/mol. The first-order valence-electron chi connectivity index (χ1n) is 6.86. The Morgan fingerprint density at radius 2 is 1.48 bits per heavy atom. The molecule has 0 saturated heterocycles. The van der Waals surface area contributed by atoms with Crippen LogP contribution in [0.15, 0.2) is 30.3 Å². The van der Waals surface area contributed by atoms with Crippen LogP contribution >= 0.6 is 0 Å². The van der Waals surface area contributed by atoms with E-state index in [1.54, 1.807) is 24.3 Å². The Bertz CT molecular complexity index is 580. The van der Waals surface area contributed by atoms with Gasteiger partial charge in [0.2, 0.25) is 10.0 Å². The molecule has 0 aliphatic heterocycles. The summed E-state index contributed by atoms with van der Waals surface area (Å²) in [5.41, 5.74) is 0.739. The molecule has 0 aliphatic rings. The molecule has 0 atom stereocenters. The molecule has 0 aliphatic carbocycles. The molecule has 0 fully saturated rings. The number of nitrogens with zero attached hydrogens (tertiary/aromatic N) is 3. The fourth-order valence-corrected chi connectivity index (χ4v) is 3.55. The van der Waals surface area contributed by atoms with E-state index in [0.29, 0.717) is 38.8 Å². The lowest BCUT2D eigenvalue weighted by atomic mass is 10.2. The minimum absolute atomic E-state index is 0.0487. The van der Waals surface area contributed by atoms with Gasteiger partial charge in [-0.25, -0.2) is 12.7 Å². The van der Waals surface area contributed by atoms with Crippen LogP contribution in [0.2, 0.25) is 0 Å². The third-order valence-corrected chi connectivity index (χ3v) is 4.83. The summed E-state index contributed by atoms with van der Waals surface area (Å²) in [4.78, 5) is 0. The molecule has 0 N–H and O–H groups in total. The van der Waals surface area contributed by atoms with Gasteiger partial charge < -0.3 is 0 Å². The van der Waals surface area contributed by atoms with Gasteiger partial charge in [-0.05, 0) is 18.4 Å². The van der Waals surface area contributed by atoms with Crippen molar-refractivity contribution in [3.63, 3.8) is 0 Å². The zero-order valence-corrected chi connectivity index (χ0v) is 12.7. The molecule has 0 radical (unpaired) electrons. The smallest absolute Gasteiger partial charge is 0.212 e. The van der Waals surface area contributed by atoms with Crippen LogP contribution in [0.5, 0.6) is 0 Å². The molecule has 6 heteroatoms. The third-order valence-electron chi connectivity index (χ3n) is 2.98. The first-order chi connectivity index (χ1) is 10.1. The van der Waals surface area contributed by atoms with E-state index in [4.69, 9.17) is 10.5 Å². The Morgan fingerprint density at radius 1 is 0.952 bits per heavy atom. The Kier molecular flexibility index (Phi) is 7.45. The summed E-state index contributed by atoms with van der Waals surface area (Å²) in [5, 5.41) is 17.1. The van der Waals surface area contributed by atoms with Gasteiger partial charge in [-0.2, -0.15) is 10.5 Å². The summed E-state index contributed by atoms with van der Waals surface area (Å²) < 4.78 is 26.3. The van der Waals surface area contributed by atoms with Crippen LogP contribution in [0, 0.1) is 22.7 Å². The number of hydrogen-bond acceptors (Lipinski definition) is 4. The molecule has 1 aromatic rings. The fraction of sp³-hybridized carbons (Fsp3) is 0.467. The molecule has 1 aromatic carbocycles. The number of unbranched alkanes of at least 4 members (excludes halogenated alkanes) is 2. The van der Waals surface area contributed by atoms with Gasteiger partial charge in [-0.1, -0.05) is 30.3 Å². The maximum Gasteiger partial charge on any atom is 0.218 e. The minimum Gasteiger partial charge on any atom is -0.212 e. The van der Waals surface area contributed by atoms with Crippen molar-refractivity contribution in [1.29, 1.82) is 10.5 Å². The number of nitriles is 2. The maximum absolute atomic E-state index is 12.4. The maximum atomic E-state index is 12.4. The third kappa shape index (κ3) is 6.40. The van der Waals surface area contributed by atoms with E-state index >= 15 is 0 Å². The SMILES string of the molecule is N#CCCCN(CCCC#N)S(=O)(=O)Cc1ccccc1. The summed E-state index contributed by atoms with van der Waals surface area (Å²) >= 11 is 0. The predicted molar refractivity (Wildman–Crippen MR) is 80.3 cm³/mol. The second-order valence-electron chi connectivity index (χ2n) is 4.66. The minimum atomic E-state index is -3.42. The highest BCUT2D eigenvalue weighted by molar-refractivity contribution is 7.88. The highest BCUT2D eigenvalue weighted by atomic mass is 32.2. The quantitative estimate of drug-likeness (QED) is 0.656. The summed E-state index contributed by atoms with van der Waals surface area (Å²) in [5.74, 6) is -0.0487. The van der Waals surface area contributed by atoms with Gasteiger partial charge in [-0.15, -0.1) is 0 Å². The van der Waals surface area contributed by atoms with Crippen LogP contribution in [0.3, 0.4) is 0 Å². The monoisotopic (exact) mass is 305 g/mol. The van der Waals surface area contributed by atoms with Crippen molar-refractivity contribution >= 4 is 10.0 Å². The topological polar surface area (TPSA) is 85.0 Å². The van der Waals surface area contributed by atoms with Crippen LogP contribution in [0.4, 0.5) is 0 Å². The summed E-state index contributed by atoms with van der Waals surface area (Å²) in [6.45, 7) is 0.655. The standard InChI is InChI=1S/C15H19N3O2S/c16-10-4-6-12-18(13-7-5-11-17)21(19,20)14-15-8-2-1-3-9-15/h1-3,8-9H,4-7,12-14H2. The molecule has 5 nitrogen and oxygen atoms in total. The molecule has 0 unspecified atom stereocenters. The predicted octanol–water partition coefficient (Wildman–Crippen LogP) is 2.43. The lowest BCUT2D eigenvalue weighted by Gasteiger charge is -2.21. The highest BCUT2D eigenvalue weighted by Gasteiger charge is 2.21. The van der Waals surface area contributed by atoms with Crippen LogP contribution in [-0.4, -0.2) is 25.8 Å². The van der Waals surface area contributed by atoms with Gasteiger partial charge in [-0.3, -0.25) is 0 Å². The van der Waals surface area contributed by atoms with Gasteiger partial charge in [0.15, 0.2) is 0 Å². The molecule has 0 amide bonds. The van der Waals surface area contributed by atoms with Crippen LogP contribution in [0.25, 0.3) is 0 Å². The second kappa shape index (κ2) is 9.12. The fourth-order valence-electron chi connectivity index (χ4n) is 1.94. The molecule has 0 saturated carbocycles. The number of hydrogen-bond donors (Lipinski definition) is 0. The Hall–Kier alpha value is -1.89. The Morgan fingerprint density at radius 3 is 1.95 bits per heavy atom.